The van der Waals surface area contributed by atoms with Crippen LogP contribution in [0.1, 0.15) is 49.9 Å². The largest absolute Gasteiger partial charge is 0.490 e. The number of likely N-dealkylation sites (N-methyl/N-ethyl adjacent to an activating group) is 2. The van der Waals surface area contributed by atoms with E-state index in [1.807, 2.05) is 32.0 Å². The summed E-state index contributed by atoms with van der Waals surface area (Å²) in [6, 6.07) is 13.8. The van der Waals surface area contributed by atoms with E-state index in [1.54, 1.807) is 31.1 Å². The van der Waals surface area contributed by atoms with Crippen LogP contribution in [0.4, 0.5) is 0 Å². The topological polar surface area (TPSA) is 95.5 Å². The molecule has 1 amide bonds. The van der Waals surface area contributed by atoms with Crippen LogP contribution in [-0.4, -0.2) is 59.1 Å². The van der Waals surface area contributed by atoms with Gasteiger partial charge in [-0.25, -0.2) is 0 Å². The van der Waals surface area contributed by atoms with E-state index in [2.05, 4.69) is 34.1 Å². The highest BCUT2D eigenvalue weighted by Gasteiger charge is 2.31. The number of carbonyl (C=O) groups is 1. The summed E-state index contributed by atoms with van der Waals surface area (Å²) in [5.41, 5.74) is 4.44. The molecule has 1 aromatic heterocycles. The van der Waals surface area contributed by atoms with Crippen LogP contribution < -0.4 is 4.74 Å². The van der Waals surface area contributed by atoms with E-state index < -0.39 is 0 Å². The molecule has 0 fully saturated rings. The highest BCUT2D eigenvalue weighted by molar-refractivity contribution is 5.77. The van der Waals surface area contributed by atoms with Gasteiger partial charge < -0.3 is 14.2 Å². The molecule has 35 heavy (non-hydrogen) atoms. The summed E-state index contributed by atoms with van der Waals surface area (Å²) >= 11 is 0. The van der Waals surface area contributed by atoms with Crippen LogP contribution in [0, 0.1) is 11.3 Å². The molecule has 0 saturated carbocycles. The lowest BCUT2D eigenvalue weighted by Gasteiger charge is -2.28. The minimum Gasteiger partial charge on any atom is -0.490 e. The second-order valence-electron chi connectivity index (χ2n) is 9.19. The third kappa shape index (κ3) is 5.05. The number of hydrogen-bond donors (Lipinski definition) is 0. The first-order chi connectivity index (χ1) is 16.8. The maximum Gasteiger partial charge on any atom is 0.258 e. The number of nitrogens with zero attached hydrogens (tertiary/aromatic N) is 5. The predicted octanol–water partition coefficient (Wildman–Crippen LogP) is 4.46. The Balaban J connectivity index is 1.62. The summed E-state index contributed by atoms with van der Waals surface area (Å²) in [5.74, 6) is 1.50. The van der Waals surface area contributed by atoms with Gasteiger partial charge in [-0.3, -0.25) is 9.69 Å². The molecule has 182 valence electrons. The number of carbonyl (C=O) groups excluding carboxylic acids is 1. The molecule has 2 aromatic carbocycles. The standard InChI is InChI=1S/C27H31N5O3/c1-6-32(16-25(33)31(4)5)23-12-11-20-21(23)8-7-9-22(20)26-29-27(35-30-26)18-10-13-24(34-17(2)3)19(14-18)15-28/h7-10,13-14,17,23H,6,11-12,16H2,1-5H3/t23-/m1/s1. The first kappa shape index (κ1) is 24.4. The third-order valence-corrected chi connectivity index (χ3v) is 6.30. The fourth-order valence-corrected chi connectivity index (χ4v) is 4.54. The normalized spacial score (nSPS) is 14.7. The van der Waals surface area contributed by atoms with Crippen molar-refractivity contribution < 1.29 is 14.1 Å². The van der Waals surface area contributed by atoms with Gasteiger partial charge in [-0.05, 0) is 62.6 Å². The average molecular weight is 474 g/mol. The number of aromatic nitrogens is 2. The fraction of sp³-hybridized carbons (Fsp3) is 0.407. The van der Waals surface area contributed by atoms with Gasteiger partial charge in [0.25, 0.3) is 5.89 Å². The molecule has 0 bridgehead atoms. The Labute approximate surface area is 206 Å². The highest BCUT2D eigenvalue weighted by Crippen LogP contribution is 2.40. The molecule has 0 radical (unpaired) electrons. The molecular weight excluding hydrogens is 442 g/mol. The zero-order chi connectivity index (χ0) is 25.1. The van der Waals surface area contributed by atoms with Crippen molar-refractivity contribution in [1.29, 1.82) is 5.26 Å². The molecule has 1 atom stereocenters. The molecule has 3 aromatic rings. The van der Waals surface area contributed by atoms with E-state index in [0.29, 0.717) is 35.1 Å². The van der Waals surface area contributed by atoms with Crippen LogP contribution in [0.2, 0.25) is 0 Å². The maximum atomic E-state index is 12.3. The molecule has 0 spiro atoms. The molecule has 0 N–H and O–H groups in total. The van der Waals surface area contributed by atoms with Crippen LogP contribution in [0.3, 0.4) is 0 Å². The van der Waals surface area contributed by atoms with E-state index in [-0.39, 0.29) is 18.1 Å². The zero-order valence-corrected chi connectivity index (χ0v) is 20.9. The summed E-state index contributed by atoms with van der Waals surface area (Å²) < 4.78 is 11.3. The smallest absolute Gasteiger partial charge is 0.258 e. The minimum absolute atomic E-state index is 0.0309. The number of nitriles is 1. The van der Waals surface area contributed by atoms with Gasteiger partial charge in [0.05, 0.1) is 18.2 Å². The van der Waals surface area contributed by atoms with Crippen molar-refractivity contribution in [3.8, 4) is 34.7 Å². The Kier molecular flexibility index (Phi) is 7.17. The molecule has 8 nitrogen and oxygen atoms in total. The molecule has 0 unspecified atom stereocenters. The van der Waals surface area contributed by atoms with E-state index in [9.17, 15) is 10.1 Å². The van der Waals surface area contributed by atoms with Crippen molar-refractivity contribution in [2.45, 2.75) is 45.8 Å². The van der Waals surface area contributed by atoms with E-state index >= 15 is 0 Å². The van der Waals surface area contributed by atoms with Gasteiger partial charge in [0.15, 0.2) is 0 Å². The highest BCUT2D eigenvalue weighted by atomic mass is 16.5. The number of rotatable bonds is 8. The van der Waals surface area contributed by atoms with Crippen LogP contribution in [0.5, 0.6) is 5.75 Å². The molecule has 1 aliphatic carbocycles. The van der Waals surface area contributed by atoms with Crippen LogP contribution in [0.15, 0.2) is 40.9 Å². The monoisotopic (exact) mass is 473 g/mol. The molecule has 8 heteroatoms. The van der Waals surface area contributed by atoms with E-state index in [4.69, 9.17) is 9.26 Å². The van der Waals surface area contributed by atoms with Crippen molar-refractivity contribution in [3.05, 3.63) is 53.1 Å². The number of amides is 1. The lowest BCUT2D eigenvalue weighted by atomic mass is 10.0. The van der Waals surface area contributed by atoms with Crippen molar-refractivity contribution in [2.24, 2.45) is 0 Å². The Bertz CT molecular complexity index is 1260. The molecule has 0 saturated heterocycles. The maximum absolute atomic E-state index is 12.3. The predicted molar refractivity (Wildman–Crippen MR) is 133 cm³/mol. The number of ether oxygens (including phenoxy) is 1. The van der Waals surface area contributed by atoms with Crippen LogP contribution >= 0.6 is 0 Å². The second kappa shape index (κ2) is 10.3. The van der Waals surface area contributed by atoms with Gasteiger partial charge in [-0.2, -0.15) is 10.2 Å². The van der Waals surface area contributed by atoms with E-state index in [1.165, 1.54) is 11.1 Å². The van der Waals surface area contributed by atoms with Crippen LogP contribution in [-0.2, 0) is 11.2 Å². The van der Waals surface area contributed by atoms with Gasteiger partial charge in [0, 0.05) is 31.3 Å². The summed E-state index contributed by atoms with van der Waals surface area (Å²) in [7, 11) is 3.57. The number of fused-ring (bicyclic) bond motifs is 1. The third-order valence-electron chi connectivity index (χ3n) is 6.30. The van der Waals surface area contributed by atoms with Gasteiger partial charge >= 0.3 is 0 Å². The quantitative estimate of drug-likeness (QED) is 0.477. The van der Waals surface area contributed by atoms with Crippen molar-refractivity contribution in [3.63, 3.8) is 0 Å². The van der Waals surface area contributed by atoms with Gasteiger partial charge in [-0.15, -0.1) is 0 Å². The lowest BCUT2D eigenvalue weighted by Crippen LogP contribution is -2.38. The second-order valence-corrected chi connectivity index (χ2v) is 9.19. The number of hydrogen-bond acceptors (Lipinski definition) is 7. The zero-order valence-electron chi connectivity index (χ0n) is 20.9. The van der Waals surface area contributed by atoms with Crippen molar-refractivity contribution in [1.82, 2.24) is 19.9 Å². The molecule has 0 aliphatic heterocycles. The van der Waals surface area contributed by atoms with Gasteiger partial charge in [0.1, 0.15) is 11.8 Å². The summed E-state index contributed by atoms with van der Waals surface area (Å²) in [6.07, 6.45) is 1.79. The lowest BCUT2D eigenvalue weighted by molar-refractivity contribution is -0.130. The van der Waals surface area contributed by atoms with Crippen molar-refractivity contribution >= 4 is 5.91 Å². The SMILES string of the molecule is CCN(CC(=O)N(C)C)[C@@H]1CCc2c(-c3noc(-c4ccc(OC(C)C)c(C#N)c4)n3)cccc21. The van der Waals surface area contributed by atoms with Crippen LogP contribution in [0.25, 0.3) is 22.8 Å². The molecule has 1 aliphatic rings. The van der Waals surface area contributed by atoms with Crippen molar-refractivity contribution in [2.75, 3.05) is 27.2 Å². The Hall–Kier alpha value is -3.70. The van der Waals surface area contributed by atoms with Gasteiger partial charge in [0.2, 0.25) is 11.7 Å². The first-order valence-corrected chi connectivity index (χ1v) is 11.9. The summed E-state index contributed by atoms with van der Waals surface area (Å²) in [4.78, 5) is 20.9. The molecular formula is C27H31N5O3. The Morgan fingerprint density at radius 1 is 1.29 bits per heavy atom. The Morgan fingerprint density at radius 3 is 2.77 bits per heavy atom. The summed E-state index contributed by atoms with van der Waals surface area (Å²) in [5, 5.41) is 13.8. The van der Waals surface area contributed by atoms with Gasteiger partial charge in [-0.1, -0.05) is 30.3 Å². The molecule has 1 heterocycles. The Morgan fingerprint density at radius 2 is 2.09 bits per heavy atom. The van der Waals surface area contributed by atoms with E-state index in [0.717, 1.165) is 24.9 Å². The average Bonchev–Trinajstić information content (AvgIpc) is 3.50. The fourth-order valence-electron chi connectivity index (χ4n) is 4.54. The molecule has 4 rings (SSSR count). The summed E-state index contributed by atoms with van der Waals surface area (Å²) in [6.45, 7) is 7.10. The first-order valence-electron chi connectivity index (χ1n) is 11.9. The minimum atomic E-state index is -0.0309. The number of benzene rings is 2.